The number of aromatic nitrogens is 2. The molecule has 0 radical (unpaired) electrons. The van der Waals surface area contributed by atoms with Gasteiger partial charge in [0.1, 0.15) is 0 Å². The van der Waals surface area contributed by atoms with Gasteiger partial charge in [0, 0.05) is 38.5 Å². The van der Waals surface area contributed by atoms with E-state index in [-0.39, 0.29) is 34.7 Å². The number of aromatic hydroxyl groups is 1. The van der Waals surface area contributed by atoms with E-state index in [2.05, 4.69) is 9.88 Å². The molecule has 3 atom stereocenters. The molecule has 0 spiro atoms. The van der Waals surface area contributed by atoms with Crippen molar-refractivity contribution in [2.75, 3.05) is 13.7 Å². The van der Waals surface area contributed by atoms with Crippen LogP contribution in [-0.2, 0) is 11.3 Å². The van der Waals surface area contributed by atoms with Crippen molar-refractivity contribution in [3.05, 3.63) is 40.4 Å². The van der Waals surface area contributed by atoms with Crippen molar-refractivity contribution < 1.29 is 14.9 Å². The molecule has 1 saturated heterocycles. The van der Waals surface area contributed by atoms with Crippen LogP contribution in [0.5, 0.6) is 5.75 Å². The van der Waals surface area contributed by atoms with Crippen molar-refractivity contribution in [3.8, 4) is 5.75 Å². The zero-order valence-electron chi connectivity index (χ0n) is 14.3. The zero-order chi connectivity index (χ0) is 17.6. The van der Waals surface area contributed by atoms with Gasteiger partial charge in [-0.2, -0.15) is 0 Å². The Balaban J connectivity index is 1.65. The number of hydrogen-bond acceptors (Lipinski definition) is 6. The maximum Gasteiger partial charge on any atom is 0.258 e. The lowest BCUT2D eigenvalue weighted by Crippen LogP contribution is -2.51. The molecule has 1 saturated carbocycles. The summed E-state index contributed by atoms with van der Waals surface area (Å²) in [5.41, 5.74) is 0.467. The van der Waals surface area contributed by atoms with Gasteiger partial charge in [-0.25, -0.2) is 4.98 Å². The SMILES string of the molecule is CO[C@@]12CC[C@@H](O)C[C@@H]1N(Cc1cc(=O)n3cccc(O)c3n1)CC2. The molecular formula is C18H23N3O4. The molecule has 2 aromatic rings. The number of aliphatic hydroxyl groups excluding tert-OH is 1. The highest BCUT2D eigenvalue weighted by Gasteiger charge is 2.50. The molecule has 2 aromatic heterocycles. The van der Waals surface area contributed by atoms with Crippen LogP contribution in [0.15, 0.2) is 29.2 Å². The van der Waals surface area contributed by atoms with Crippen LogP contribution >= 0.6 is 0 Å². The topological polar surface area (TPSA) is 87.3 Å². The fourth-order valence-electron chi connectivity index (χ4n) is 4.41. The Bertz CT molecular complexity index is 852. The van der Waals surface area contributed by atoms with E-state index in [0.29, 0.717) is 18.7 Å². The van der Waals surface area contributed by atoms with Crippen LogP contribution in [0.2, 0.25) is 0 Å². The average molecular weight is 345 g/mol. The summed E-state index contributed by atoms with van der Waals surface area (Å²) in [6.07, 6.45) is 4.48. The van der Waals surface area contributed by atoms with Gasteiger partial charge in [0.25, 0.3) is 5.56 Å². The number of nitrogens with zero attached hydrogens (tertiary/aromatic N) is 3. The average Bonchev–Trinajstić information content (AvgIpc) is 2.95. The third-order valence-electron chi connectivity index (χ3n) is 5.76. The first-order chi connectivity index (χ1) is 12.0. The van der Waals surface area contributed by atoms with Crippen LogP contribution in [0, 0.1) is 0 Å². The molecule has 2 aliphatic rings. The van der Waals surface area contributed by atoms with Gasteiger partial charge in [-0.05, 0) is 37.8 Å². The van der Waals surface area contributed by atoms with Crippen LogP contribution in [0.3, 0.4) is 0 Å². The Morgan fingerprint density at radius 1 is 1.44 bits per heavy atom. The molecule has 3 heterocycles. The minimum atomic E-state index is -0.312. The Morgan fingerprint density at radius 2 is 2.28 bits per heavy atom. The molecule has 1 aliphatic heterocycles. The van der Waals surface area contributed by atoms with E-state index in [1.54, 1.807) is 19.4 Å². The number of pyridine rings is 1. The summed E-state index contributed by atoms with van der Waals surface area (Å²) in [5.74, 6) is -0.0119. The lowest BCUT2D eigenvalue weighted by molar-refractivity contribution is -0.0880. The van der Waals surface area contributed by atoms with Gasteiger partial charge in [-0.15, -0.1) is 0 Å². The molecule has 0 aromatic carbocycles. The molecule has 0 amide bonds. The fourth-order valence-corrected chi connectivity index (χ4v) is 4.41. The second-order valence-electron chi connectivity index (χ2n) is 7.11. The first-order valence-corrected chi connectivity index (χ1v) is 8.70. The number of rotatable bonds is 3. The highest BCUT2D eigenvalue weighted by molar-refractivity contribution is 5.52. The molecule has 1 aliphatic carbocycles. The summed E-state index contributed by atoms with van der Waals surface area (Å²) < 4.78 is 7.19. The number of aliphatic hydroxyl groups is 1. The van der Waals surface area contributed by atoms with Crippen molar-refractivity contribution in [1.29, 1.82) is 0 Å². The van der Waals surface area contributed by atoms with Gasteiger partial charge in [-0.3, -0.25) is 14.1 Å². The molecule has 7 heteroatoms. The predicted molar refractivity (Wildman–Crippen MR) is 91.5 cm³/mol. The number of hydrogen-bond donors (Lipinski definition) is 2. The quantitative estimate of drug-likeness (QED) is 0.860. The minimum absolute atomic E-state index is 0.0119. The van der Waals surface area contributed by atoms with Gasteiger partial charge in [0.2, 0.25) is 0 Å². The summed E-state index contributed by atoms with van der Waals surface area (Å²) in [6, 6.07) is 4.76. The second kappa shape index (κ2) is 6.09. The van der Waals surface area contributed by atoms with E-state index in [1.165, 1.54) is 16.5 Å². The van der Waals surface area contributed by atoms with Gasteiger partial charge < -0.3 is 14.9 Å². The molecular weight excluding hydrogens is 322 g/mol. The Kier molecular flexibility index (Phi) is 4.02. The molecule has 0 unspecified atom stereocenters. The smallest absolute Gasteiger partial charge is 0.258 e. The molecule has 2 fully saturated rings. The first-order valence-electron chi connectivity index (χ1n) is 8.70. The Morgan fingerprint density at radius 3 is 3.08 bits per heavy atom. The summed E-state index contributed by atoms with van der Waals surface area (Å²) >= 11 is 0. The minimum Gasteiger partial charge on any atom is -0.504 e. The van der Waals surface area contributed by atoms with Crippen molar-refractivity contribution in [2.45, 2.75) is 50.0 Å². The monoisotopic (exact) mass is 345 g/mol. The van der Waals surface area contributed by atoms with E-state index in [1.807, 2.05) is 0 Å². The summed E-state index contributed by atoms with van der Waals surface area (Å²) in [7, 11) is 1.74. The summed E-state index contributed by atoms with van der Waals surface area (Å²) in [6.45, 7) is 1.34. The van der Waals surface area contributed by atoms with Gasteiger partial charge in [0.15, 0.2) is 11.4 Å². The van der Waals surface area contributed by atoms with E-state index in [4.69, 9.17) is 4.74 Å². The number of ether oxygens (including phenoxy) is 1. The largest absolute Gasteiger partial charge is 0.504 e. The van der Waals surface area contributed by atoms with Crippen LogP contribution < -0.4 is 5.56 Å². The Hall–Kier alpha value is -1.96. The van der Waals surface area contributed by atoms with Gasteiger partial charge >= 0.3 is 0 Å². The molecule has 7 nitrogen and oxygen atoms in total. The maximum absolute atomic E-state index is 12.3. The first kappa shape index (κ1) is 16.5. The van der Waals surface area contributed by atoms with E-state index >= 15 is 0 Å². The van der Waals surface area contributed by atoms with Crippen molar-refractivity contribution >= 4 is 5.65 Å². The van der Waals surface area contributed by atoms with Crippen LogP contribution in [-0.4, -0.2) is 55.9 Å². The van der Waals surface area contributed by atoms with Gasteiger partial charge in [-0.1, -0.05) is 0 Å². The summed E-state index contributed by atoms with van der Waals surface area (Å²) in [4.78, 5) is 19.0. The number of fused-ring (bicyclic) bond motifs is 2. The molecule has 134 valence electrons. The maximum atomic E-state index is 12.3. The lowest BCUT2D eigenvalue weighted by Gasteiger charge is -2.42. The molecule has 0 bridgehead atoms. The summed E-state index contributed by atoms with van der Waals surface area (Å²) in [5, 5.41) is 20.1. The standard InChI is InChI=1S/C18H23N3O4/c1-25-18-5-4-13(22)10-15(18)20(8-6-18)11-12-9-16(24)21-7-2-3-14(23)17(21)19-12/h2-3,7,9,13,15,22-23H,4-6,8,10-11H2,1H3/t13-,15+,18-/m1/s1. The van der Waals surface area contributed by atoms with Crippen LogP contribution in [0.1, 0.15) is 31.4 Å². The van der Waals surface area contributed by atoms with Crippen molar-refractivity contribution in [3.63, 3.8) is 0 Å². The second-order valence-corrected chi connectivity index (χ2v) is 7.11. The number of likely N-dealkylation sites (tertiary alicyclic amines) is 1. The molecule has 25 heavy (non-hydrogen) atoms. The highest BCUT2D eigenvalue weighted by Crippen LogP contribution is 2.42. The molecule has 4 rings (SSSR count). The van der Waals surface area contributed by atoms with E-state index in [9.17, 15) is 15.0 Å². The third-order valence-corrected chi connectivity index (χ3v) is 5.76. The van der Waals surface area contributed by atoms with Crippen LogP contribution in [0.4, 0.5) is 0 Å². The Labute approximate surface area is 145 Å². The fraction of sp³-hybridized carbons (Fsp3) is 0.556. The van der Waals surface area contributed by atoms with Crippen molar-refractivity contribution in [2.24, 2.45) is 0 Å². The highest BCUT2D eigenvalue weighted by atomic mass is 16.5. The van der Waals surface area contributed by atoms with E-state index in [0.717, 1.165) is 25.8 Å². The normalized spacial score (nSPS) is 29.8. The van der Waals surface area contributed by atoms with Crippen LogP contribution in [0.25, 0.3) is 5.65 Å². The van der Waals surface area contributed by atoms with Crippen molar-refractivity contribution in [1.82, 2.24) is 14.3 Å². The molecule has 2 N–H and O–H groups in total. The lowest BCUT2D eigenvalue weighted by atomic mass is 9.79. The third kappa shape index (κ3) is 2.72. The zero-order valence-corrected chi connectivity index (χ0v) is 14.3. The van der Waals surface area contributed by atoms with E-state index < -0.39 is 0 Å². The van der Waals surface area contributed by atoms with Gasteiger partial charge in [0.05, 0.1) is 17.4 Å². The number of methoxy groups -OCH3 is 1. The predicted octanol–water partition coefficient (Wildman–Crippen LogP) is 0.904.